The van der Waals surface area contributed by atoms with Crippen LogP contribution in [0.2, 0.25) is 0 Å². The van der Waals surface area contributed by atoms with E-state index >= 15 is 0 Å². The lowest BCUT2D eigenvalue weighted by Gasteiger charge is -2.26. The fourth-order valence-corrected chi connectivity index (χ4v) is 3.89. The van der Waals surface area contributed by atoms with Gasteiger partial charge >= 0.3 is 0 Å². The van der Waals surface area contributed by atoms with Gasteiger partial charge in [-0.15, -0.1) is 0 Å². The van der Waals surface area contributed by atoms with Crippen molar-refractivity contribution < 1.29 is 13.2 Å². The predicted molar refractivity (Wildman–Crippen MR) is 80.1 cm³/mol. The van der Waals surface area contributed by atoms with Gasteiger partial charge in [-0.1, -0.05) is 19.1 Å². The first-order valence-electron chi connectivity index (χ1n) is 6.71. The maximum absolute atomic E-state index is 12.7. The van der Waals surface area contributed by atoms with Crippen LogP contribution in [0.4, 0.5) is 0 Å². The zero-order valence-electron chi connectivity index (χ0n) is 12.6. The van der Waals surface area contributed by atoms with Gasteiger partial charge in [0.25, 0.3) is 0 Å². The predicted octanol–water partition coefficient (Wildman–Crippen LogP) is 1.45. The molecule has 0 saturated heterocycles. The molecule has 1 unspecified atom stereocenters. The fourth-order valence-electron chi connectivity index (χ4n) is 2.20. The molecule has 0 spiro atoms. The van der Waals surface area contributed by atoms with E-state index in [9.17, 15) is 8.42 Å². The van der Waals surface area contributed by atoms with Crippen LogP contribution in [0.25, 0.3) is 0 Å². The second kappa shape index (κ2) is 7.73. The molecule has 0 aliphatic carbocycles. The van der Waals surface area contributed by atoms with E-state index in [1.165, 1.54) is 4.31 Å². The number of rotatable bonds is 8. The van der Waals surface area contributed by atoms with Gasteiger partial charge in [-0.2, -0.15) is 4.31 Å². The first-order chi connectivity index (χ1) is 9.47. The normalized spacial score (nSPS) is 13.7. The van der Waals surface area contributed by atoms with E-state index in [-0.39, 0.29) is 6.04 Å². The molecule has 1 atom stereocenters. The lowest BCUT2D eigenvalue weighted by molar-refractivity contribution is 0.142. The van der Waals surface area contributed by atoms with Crippen LogP contribution in [0.5, 0.6) is 0 Å². The third-order valence-electron chi connectivity index (χ3n) is 3.10. The SMILES string of the molecule is CCN(C(C)COC)S(=O)(=O)c1cccc(CNC)c1. The van der Waals surface area contributed by atoms with E-state index in [4.69, 9.17) is 4.74 Å². The highest BCUT2D eigenvalue weighted by molar-refractivity contribution is 7.89. The summed E-state index contributed by atoms with van der Waals surface area (Å²) in [5.74, 6) is 0. The van der Waals surface area contributed by atoms with E-state index < -0.39 is 10.0 Å². The molecule has 0 fully saturated rings. The second-order valence-corrected chi connectivity index (χ2v) is 6.58. The van der Waals surface area contributed by atoms with Crippen molar-refractivity contribution in [3.05, 3.63) is 29.8 Å². The zero-order chi connectivity index (χ0) is 15.2. The number of likely N-dealkylation sites (N-methyl/N-ethyl adjacent to an activating group) is 1. The standard InChI is InChI=1S/C14H24N2O3S/c1-5-16(12(2)11-19-4)20(17,18)14-8-6-7-13(9-14)10-15-3/h6-9,12,15H,5,10-11H2,1-4H3. The van der Waals surface area contributed by atoms with Crippen LogP contribution in [0.15, 0.2) is 29.2 Å². The first-order valence-corrected chi connectivity index (χ1v) is 8.15. The van der Waals surface area contributed by atoms with Gasteiger partial charge in [0, 0.05) is 26.2 Å². The summed E-state index contributed by atoms with van der Waals surface area (Å²) in [6.45, 7) is 5.12. The molecule has 0 amide bonds. The molecule has 114 valence electrons. The van der Waals surface area contributed by atoms with E-state index in [0.717, 1.165) is 5.56 Å². The van der Waals surface area contributed by atoms with Gasteiger partial charge in [0.15, 0.2) is 0 Å². The van der Waals surface area contributed by atoms with Crippen molar-refractivity contribution in [2.24, 2.45) is 0 Å². The third-order valence-corrected chi connectivity index (χ3v) is 5.18. The number of sulfonamides is 1. The van der Waals surface area contributed by atoms with Gasteiger partial charge in [0.2, 0.25) is 10.0 Å². The summed E-state index contributed by atoms with van der Waals surface area (Å²) in [4.78, 5) is 0.329. The molecule has 0 heterocycles. The summed E-state index contributed by atoms with van der Waals surface area (Å²) in [6, 6.07) is 6.84. The molecule has 6 heteroatoms. The minimum Gasteiger partial charge on any atom is -0.383 e. The Morgan fingerprint density at radius 2 is 2.10 bits per heavy atom. The van der Waals surface area contributed by atoms with Crippen LogP contribution in [0.3, 0.4) is 0 Å². The number of ether oxygens (including phenoxy) is 1. The fraction of sp³-hybridized carbons (Fsp3) is 0.571. The van der Waals surface area contributed by atoms with E-state index in [2.05, 4.69) is 5.32 Å². The monoisotopic (exact) mass is 300 g/mol. The van der Waals surface area contributed by atoms with Crippen molar-refractivity contribution in [3.63, 3.8) is 0 Å². The Morgan fingerprint density at radius 1 is 1.40 bits per heavy atom. The molecular formula is C14H24N2O3S. The Hall–Kier alpha value is -0.950. The molecule has 0 saturated carbocycles. The Labute approximate surface area is 122 Å². The average molecular weight is 300 g/mol. The van der Waals surface area contributed by atoms with E-state index in [1.54, 1.807) is 25.3 Å². The summed E-state index contributed by atoms with van der Waals surface area (Å²) in [6.07, 6.45) is 0. The van der Waals surface area contributed by atoms with Gasteiger partial charge in [-0.05, 0) is 31.7 Å². The maximum atomic E-state index is 12.7. The number of hydrogen-bond acceptors (Lipinski definition) is 4. The van der Waals surface area contributed by atoms with Crippen molar-refractivity contribution in [1.29, 1.82) is 0 Å². The minimum absolute atomic E-state index is 0.192. The number of methoxy groups -OCH3 is 1. The van der Waals surface area contributed by atoms with Crippen molar-refractivity contribution in [2.45, 2.75) is 31.3 Å². The Kier molecular flexibility index (Phi) is 6.61. The minimum atomic E-state index is -3.49. The molecule has 0 bridgehead atoms. The highest BCUT2D eigenvalue weighted by Gasteiger charge is 2.27. The lowest BCUT2D eigenvalue weighted by Crippen LogP contribution is -2.40. The molecule has 1 aromatic carbocycles. The molecule has 1 rings (SSSR count). The zero-order valence-corrected chi connectivity index (χ0v) is 13.4. The molecule has 1 N–H and O–H groups in total. The Morgan fingerprint density at radius 3 is 2.65 bits per heavy atom. The average Bonchev–Trinajstić information content (AvgIpc) is 2.40. The summed E-state index contributed by atoms with van der Waals surface area (Å²) < 4.78 is 31.9. The number of hydrogen-bond donors (Lipinski definition) is 1. The van der Waals surface area contributed by atoms with Crippen molar-refractivity contribution in [1.82, 2.24) is 9.62 Å². The third kappa shape index (κ3) is 4.02. The molecule has 1 aromatic rings. The van der Waals surface area contributed by atoms with Gasteiger partial charge < -0.3 is 10.1 Å². The van der Waals surface area contributed by atoms with Crippen molar-refractivity contribution in [2.75, 3.05) is 27.3 Å². The highest BCUT2D eigenvalue weighted by Crippen LogP contribution is 2.19. The van der Waals surface area contributed by atoms with E-state index in [1.807, 2.05) is 27.0 Å². The molecule has 0 aromatic heterocycles. The quantitative estimate of drug-likeness (QED) is 0.789. The molecular weight excluding hydrogens is 276 g/mol. The van der Waals surface area contributed by atoms with Crippen LogP contribution in [-0.4, -0.2) is 46.1 Å². The highest BCUT2D eigenvalue weighted by atomic mass is 32.2. The molecule has 0 aliphatic rings. The number of nitrogens with one attached hydrogen (secondary N) is 1. The Bertz CT molecular complexity index is 517. The molecule has 20 heavy (non-hydrogen) atoms. The summed E-state index contributed by atoms with van der Waals surface area (Å²) in [5, 5.41) is 3.02. The van der Waals surface area contributed by atoms with Crippen LogP contribution >= 0.6 is 0 Å². The smallest absolute Gasteiger partial charge is 0.243 e. The largest absolute Gasteiger partial charge is 0.383 e. The molecule has 0 aliphatic heterocycles. The van der Waals surface area contributed by atoms with Gasteiger partial charge in [-0.3, -0.25) is 0 Å². The number of nitrogens with zero attached hydrogens (tertiary/aromatic N) is 1. The molecule has 0 radical (unpaired) electrons. The van der Waals surface area contributed by atoms with Gasteiger partial charge in [0.1, 0.15) is 0 Å². The summed E-state index contributed by atoms with van der Waals surface area (Å²) >= 11 is 0. The summed E-state index contributed by atoms with van der Waals surface area (Å²) in [7, 11) is -0.0804. The van der Waals surface area contributed by atoms with Gasteiger partial charge in [0.05, 0.1) is 11.5 Å². The second-order valence-electron chi connectivity index (χ2n) is 4.69. The Balaban J connectivity index is 3.10. The topological polar surface area (TPSA) is 58.6 Å². The van der Waals surface area contributed by atoms with E-state index in [0.29, 0.717) is 24.6 Å². The van der Waals surface area contributed by atoms with Crippen molar-refractivity contribution in [3.8, 4) is 0 Å². The first kappa shape index (κ1) is 17.1. The van der Waals surface area contributed by atoms with Crippen LogP contribution < -0.4 is 5.32 Å². The van der Waals surface area contributed by atoms with Crippen LogP contribution in [-0.2, 0) is 21.3 Å². The summed E-state index contributed by atoms with van der Waals surface area (Å²) in [5.41, 5.74) is 0.948. The molecule has 5 nitrogen and oxygen atoms in total. The maximum Gasteiger partial charge on any atom is 0.243 e. The van der Waals surface area contributed by atoms with Crippen LogP contribution in [0.1, 0.15) is 19.4 Å². The van der Waals surface area contributed by atoms with Gasteiger partial charge in [-0.25, -0.2) is 8.42 Å². The lowest BCUT2D eigenvalue weighted by atomic mass is 10.2. The van der Waals surface area contributed by atoms with Crippen molar-refractivity contribution >= 4 is 10.0 Å². The number of benzene rings is 1. The van der Waals surface area contributed by atoms with Crippen LogP contribution in [0, 0.1) is 0 Å².